The molecule has 0 aliphatic heterocycles. The van der Waals surface area contributed by atoms with Crippen LogP contribution in [0.4, 0.5) is 0 Å². The van der Waals surface area contributed by atoms with E-state index in [4.69, 9.17) is 25.5 Å². The van der Waals surface area contributed by atoms with Gasteiger partial charge in [0.05, 0.1) is 31.6 Å². The molecule has 0 saturated carbocycles. The fourth-order valence-corrected chi connectivity index (χ4v) is 3.55. The van der Waals surface area contributed by atoms with Gasteiger partial charge in [0.25, 0.3) is 0 Å². The zero-order chi connectivity index (χ0) is 23.4. The molecule has 1 atom stereocenters. The summed E-state index contributed by atoms with van der Waals surface area (Å²) in [6, 6.07) is 8.69. The average Bonchev–Trinajstić information content (AvgIpc) is 2.76. The minimum absolute atomic E-state index is 0.0666. The topological polar surface area (TPSA) is 115 Å². The first-order valence-electron chi connectivity index (χ1n) is 9.68. The van der Waals surface area contributed by atoms with Crippen molar-refractivity contribution in [3.63, 3.8) is 0 Å². The van der Waals surface area contributed by atoms with Crippen molar-refractivity contribution in [1.29, 1.82) is 0 Å². The SMILES string of the molecule is COc1cc(OC)c2c(C)c(CC(=O)N[C@@H](Cc3ccc(Cl)cc3)C(=O)O)c(=O)oc2c1. The average molecular weight is 460 g/mol. The van der Waals surface area contributed by atoms with Crippen LogP contribution in [0, 0.1) is 6.92 Å². The predicted molar refractivity (Wildman–Crippen MR) is 119 cm³/mol. The van der Waals surface area contributed by atoms with Crippen LogP contribution in [0.3, 0.4) is 0 Å². The van der Waals surface area contributed by atoms with Gasteiger partial charge in [-0.1, -0.05) is 23.7 Å². The molecule has 32 heavy (non-hydrogen) atoms. The van der Waals surface area contributed by atoms with E-state index < -0.39 is 23.5 Å². The molecule has 2 N–H and O–H groups in total. The van der Waals surface area contributed by atoms with Gasteiger partial charge in [-0.2, -0.15) is 0 Å². The third-order valence-corrected chi connectivity index (χ3v) is 5.35. The Morgan fingerprint density at radius 2 is 1.84 bits per heavy atom. The second-order valence-electron chi connectivity index (χ2n) is 7.16. The summed E-state index contributed by atoms with van der Waals surface area (Å²) in [5.74, 6) is -0.930. The summed E-state index contributed by atoms with van der Waals surface area (Å²) in [5, 5.41) is 13.1. The van der Waals surface area contributed by atoms with Crippen LogP contribution in [-0.4, -0.2) is 37.2 Å². The fourth-order valence-electron chi connectivity index (χ4n) is 3.43. The van der Waals surface area contributed by atoms with Gasteiger partial charge in [0, 0.05) is 23.6 Å². The van der Waals surface area contributed by atoms with Crippen LogP contribution in [0.15, 0.2) is 45.6 Å². The monoisotopic (exact) mass is 459 g/mol. The molecule has 168 valence electrons. The van der Waals surface area contributed by atoms with Gasteiger partial charge in [-0.15, -0.1) is 0 Å². The molecule has 1 heterocycles. The van der Waals surface area contributed by atoms with E-state index in [-0.39, 0.29) is 24.0 Å². The van der Waals surface area contributed by atoms with Gasteiger partial charge in [0.1, 0.15) is 23.1 Å². The normalized spacial score (nSPS) is 11.8. The third kappa shape index (κ3) is 5.03. The number of ether oxygens (including phenoxy) is 2. The fraction of sp³-hybridized carbons (Fsp3) is 0.261. The number of amides is 1. The minimum Gasteiger partial charge on any atom is -0.496 e. The lowest BCUT2D eigenvalue weighted by molar-refractivity contribution is -0.141. The maximum absolute atomic E-state index is 12.6. The molecule has 3 rings (SSSR count). The van der Waals surface area contributed by atoms with Gasteiger partial charge >= 0.3 is 11.6 Å². The molecule has 1 amide bonds. The van der Waals surface area contributed by atoms with Crippen LogP contribution < -0.4 is 20.4 Å². The summed E-state index contributed by atoms with van der Waals surface area (Å²) < 4.78 is 16.0. The highest BCUT2D eigenvalue weighted by molar-refractivity contribution is 6.30. The minimum atomic E-state index is -1.19. The lowest BCUT2D eigenvalue weighted by Crippen LogP contribution is -2.43. The summed E-state index contributed by atoms with van der Waals surface area (Å²) in [6.45, 7) is 1.68. The highest BCUT2D eigenvalue weighted by atomic mass is 35.5. The first-order valence-corrected chi connectivity index (χ1v) is 10.1. The number of nitrogens with one attached hydrogen (secondary N) is 1. The smallest absolute Gasteiger partial charge is 0.340 e. The van der Waals surface area contributed by atoms with Crippen molar-refractivity contribution < 1.29 is 28.6 Å². The molecule has 0 saturated heterocycles. The van der Waals surface area contributed by atoms with Gasteiger partial charge in [-0.05, 0) is 30.2 Å². The van der Waals surface area contributed by atoms with E-state index in [1.807, 2.05) is 0 Å². The number of methoxy groups -OCH3 is 2. The number of halogens is 1. The van der Waals surface area contributed by atoms with Gasteiger partial charge in [0.15, 0.2) is 0 Å². The number of rotatable bonds is 8. The summed E-state index contributed by atoms with van der Waals surface area (Å²) in [7, 11) is 2.95. The van der Waals surface area contributed by atoms with Crippen LogP contribution in [-0.2, 0) is 22.4 Å². The van der Waals surface area contributed by atoms with Gasteiger partial charge in [0.2, 0.25) is 5.91 Å². The standard InChI is InChI=1S/C23H22ClNO7/c1-12-16(23(29)32-19-10-15(30-2)9-18(31-3)21(12)19)11-20(26)25-17(22(27)28)8-13-4-6-14(24)7-5-13/h4-7,9-10,17H,8,11H2,1-3H3,(H,25,26)(H,27,28)/t17-/m0/s1. The summed E-state index contributed by atoms with van der Waals surface area (Å²) in [5.41, 5.74) is 0.899. The van der Waals surface area contributed by atoms with Crippen molar-refractivity contribution in [2.75, 3.05) is 14.2 Å². The predicted octanol–water partition coefficient (Wildman–Crippen LogP) is 3.13. The van der Waals surface area contributed by atoms with E-state index in [0.717, 1.165) is 0 Å². The molecule has 9 heteroatoms. The summed E-state index contributed by atoms with van der Waals surface area (Å²) in [6.07, 6.45) is -0.277. The Bertz CT molecular complexity index is 1220. The number of carbonyl (C=O) groups excluding carboxylic acids is 1. The lowest BCUT2D eigenvalue weighted by Gasteiger charge is -2.16. The number of aliphatic carboxylic acids is 1. The third-order valence-electron chi connectivity index (χ3n) is 5.10. The Morgan fingerprint density at radius 1 is 1.16 bits per heavy atom. The maximum Gasteiger partial charge on any atom is 0.340 e. The van der Waals surface area contributed by atoms with E-state index in [0.29, 0.717) is 33.0 Å². The number of carbonyl (C=O) groups is 2. The Kier molecular flexibility index (Phi) is 7.05. The van der Waals surface area contributed by atoms with Crippen molar-refractivity contribution in [2.45, 2.75) is 25.8 Å². The van der Waals surface area contributed by atoms with Crippen LogP contribution in [0.25, 0.3) is 11.0 Å². The Balaban J connectivity index is 1.87. The first-order chi connectivity index (χ1) is 15.2. The van der Waals surface area contributed by atoms with E-state index in [1.54, 1.807) is 43.3 Å². The molecule has 0 aliphatic rings. The zero-order valence-corrected chi connectivity index (χ0v) is 18.5. The molecule has 0 radical (unpaired) electrons. The van der Waals surface area contributed by atoms with E-state index in [1.165, 1.54) is 14.2 Å². The molecule has 0 fully saturated rings. The number of hydrogen-bond donors (Lipinski definition) is 2. The van der Waals surface area contributed by atoms with Crippen LogP contribution in [0.5, 0.6) is 11.5 Å². The highest BCUT2D eigenvalue weighted by Crippen LogP contribution is 2.33. The number of benzene rings is 2. The van der Waals surface area contributed by atoms with Crippen molar-refractivity contribution >= 4 is 34.4 Å². The van der Waals surface area contributed by atoms with Crippen molar-refractivity contribution in [2.24, 2.45) is 0 Å². The van der Waals surface area contributed by atoms with Crippen molar-refractivity contribution in [3.05, 3.63) is 68.5 Å². The Morgan fingerprint density at radius 3 is 2.44 bits per heavy atom. The van der Waals surface area contributed by atoms with Gasteiger partial charge < -0.3 is 24.3 Å². The van der Waals surface area contributed by atoms with Crippen LogP contribution in [0.1, 0.15) is 16.7 Å². The summed E-state index contributed by atoms with van der Waals surface area (Å²) in [4.78, 5) is 36.9. The summed E-state index contributed by atoms with van der Waals surface area (Å²) >= 11 is 5.85. The zero-order valence-electron chi connectivity index (χ0n) is 17.7. The number of hydrogen-bond acceptors (Lipinski definition) is 6. The highest BCUT2D eigenvalue weighted by Gasteiger charge is 2.23. The molecule has 0 bridgehead atoms. The Labute approximate surface area is 188 Å². The van der Waals surface area contributed by atoms with Crippen molar-refractivity contribution in [3.8, 4) is 11.5 Å². The van der Waals surface area contributed by atoms with Gasteiger partial charge in [-0.25, -0.2) is 9.59 Å². The molecule has 0 aliphatic carbocycles. The first kappa shape index (κ1) is 23.1. The molecule has 8 nitrogen and oxygen atoms in total. The lowest BCUT2D eigenvalue weighted by atomic mass is 10.0. The van der Waals surface area contributed by atoms with Gasteiger partial charge in [-0.3, -0.25) is 4.79 Å². The molecular formula is C23H22ClNO7. The second kappa shape index (κ2) is 9.74. The number of carboxylic acids is 1. The molecule has 3 aromatic rings. The molecule has 0 spiro atoms. The van der Waals surface area contributed by atoms with E-state index >= 15 is 0 Å². The largest absolute Gasteiger partial charge is 0.496 e. The second-order valence-corrected chi connectivity index (χ2v) is 7.60. The number of fused-ring (bicyclic) bond motifs is 1. The Hall–Kier alpha value is -3.52. The van der Waals surface area contributed by atoms with E-state index in [2.05, 4.69) is 5.32 Å². The molecule has 1 aromatic heterocycles. The van der Waals surface area contributed by atoms with E-state index in [9.17, 15) is 19.5 Å². The maximum atomic E-state index is 12.6. The van der Waals surface area contributed by atoms with Crippen LogP contribution in [0.2, 0.25) is 5.02 Å². The number of aryl methyl sites for hydroxylation is 1. The quantitative estimate of drug-likeness (QED) is 0.497. The molecular weight excluding hydrogens is 438 g/mol. The molecule has 0 unspecified atom stereocenters. The van der Waals surface area contributed by atoms with Crippen molar-refractivity contribution in [1.82, 2.24) is 5.32 Å². The molecule has 2 aromatic carbocycles. The van der Waals surface area contributed by atoms with Crippen LogP contribution >= 0.6 is 11.6 Å². The number of carboxylic acid groups (broad SMARTS) is 1.